The minimum absolute atomic E-state index is 0.173. The van der Waals surface area contributed by atoms with Crippen molar-refractivity contribution in [3.8, 4) is 0 Å². The molecule has 2 amide bonds. The van der Waals surface area contributed by atoms with Crippen molar-refractivity contribution in [1.29, 1.82) is 0 Å². The Balaban J connectivity index is 1.48. The molecule has 2 aliphatic rings. The van der Waals surface area contributed by atoms with Gasteiger partial charge in [0.05, 0.1) is 17.7 Å². The molecule has 6 nitrogen and oxygen atoms in total. The first-order chi connectivity index (χ1) is 10.7. The van der Waals surface area contributed by atoms with Crippen LogP contribution in [0.2, 0.25) is 0 Å². The largest absolute Gasteiger partial charge is 0.464 e. The predicted octanol–water partition coefficient (Wildman–Crippen LogP) is 1.39. The number of imide groups is 1. The van der Waals surface area contributed by atoms with E-state index in [1.807, 2.05) is 0 Å². The van der Waals surface area contributed by atoms with Crippen molar-refractivity contribution < 1.29 is 23.9 Å². The first kappa shape index (κ1) is 14.7. The van der Waals surface area contributed by atoms with E-state index in [0.717, 1.165) is 6.42 Å². The number of hydrogen-bond donors (Lipinski definition) is 0. The molecule has 0 spiro atoms. The molecule has 1 fully saturated rings. The lowest BCUT2D eigenvalue weighted by molar-refractivity contribution is -0.154. The highest BCUT2D eigenvalue weighted by Gasteiger charge is 2.34. The highest BCUT2D eigenvalue weighted by atomic mass is 16.6. The lowest BCUT2D eigenvalue weighted by Gasteiger charge is -2.14. The number of benzene rings is 1. The fraction of sp³-hybridized carbons (Fsp3) is 0.438. The van der Waals surface area contributed by atoms with E-state index in [1.165, 1.54) is 4.90 Å². The average Bonchev–Trinajstić information content (AvgIpc) is 3.14. The van der Waals surface area contributed by atoms with Gasteiger partial charge < -0.3 is 9.47 Å². The number of ether oxygens (including phenoxy) is 2. The van der Waals surface area contributed by atoms with Crippen LogP contribution in [0.15, 0.2) is 24.3 Å². The Kier molecular flexibility index (Phi) is 4.20. The van der Waals surface area contributed by atoms with Crippen LogP contribution in [0.4, 0.5) is 0 Å². The van der Waals surface area contributed by atoms with Crippen molar-refractivity contribution in [1.82, 2.24) is 4.90 Å². The molecule has 1 saturated heterocycles. The Morgan fingerprint density at radius 1 is 1.23 bits per heavy atom. The summed E-state index contributed by atoms with van der Waals surface area (Å²) in [5, 5.41) is 0. The van der Waals surface area contributed by atoms with Crippen LogP contribution in [0, 0.1) is 0 Å². The van der Waals surface area contributed by atoms with Gasteiger partial charge in [0.2, 0.25) is 0 Å². The van der Waals surface area contributed by atoms with E-state index in [0.29, 0.717) is 30.6 Å². The van der Waals surface area contributed by atoms with Gasteiger partial charge in [0.25, 0.3) is 11.8 Å². The van der Waals surface area contributed by atoms with Crippen molar-refractivity contribution in [2.24, 2.45) is 0 Å². The molecule has 2 aliphatic heterocycles. The van der Waals surface area contributed by atoms with E-state index in [-0.39, 0.29) is 30.9 Å². The molecule has 0 saturated carbocycles. The Morgan fingerprint density at radius 2 is 1.91 bits per heavy atom. The van der Waals surface area contributed by atoms with Crippen LogP contribution in [0.3, 0.4) is 0 Å². The summed E-state index contributed by atoms with van der Waals surface area (Å²) in [6, 6.07) is 6.76. The zero-order chi connectivity index (χ0) is 15.5. The van der Waals surface area contributed by atoms with Crippen molar-refractivity contribution in [2.75, 3.05) is 19.8 Å². The second kappa shape index (κ2) is 6.27. The minimum atomic E-state index is -0.459. The number of nitrogens with zero attached hydrogens (tertiary/aromatic N) is 1. The average molecular weight is 303 g/mol. The second-order valence-electron chi connectivity index (χ2n) is 5.33. The maximum atomic E-state index is 12.1. The van der Waals surface area contributed by atoms with Crippen LogP contribution in [0.1, 0.15) is 40.0 Å². The Bertz CT molecular complexity index is 571. The lowest BCUT2D eigenvalue weighted by Crippen LogP contribution is -2.32. The van der Waals surface area contributed by atoms with Crippen LogP contribution in [-0.2, 0) is 14.3 Å². The molecular formula is C16H17NO5. The van der Waals surface area contributed by atoms with E-state index in [1.54, 1.807) is 24.3 Å². The van der Waals surface area contributed by atoms with Gasteiger partial charge in [0.1, 0.15) is 0 Å². The summed E-state index contributed by atoms with van der Waals surface area (Å²) in [4.78, 5) is 37.1. The van der Waals surface area contributed by atoms with Crippen LogP contribution >= 0.6 is 0 Å². The number of esters is 1. The Hall–Kier alpha value is -2.21. The molecule has 1 unspecified atom stereocenters. The third-order valence-corrected chi connectivity index (χ3v) is 3.84. The molecular weight excluding hydrogens is 286 g/mol. The molecule has 0 aromatic heterocycles. The molecule has 3 rings (SSSR count). The van der Waals surface area contributed by atoms with Crippen molar-refractivity contribution in [3.63, 3.8) is 0 Å². The predicted molar refractivity (Wildman–Crippen MR) is 76.4 cm³/mol. The highest BCUT2D eigenvalue weighted by Crippen LogP contribution is 2.22. The van der Waals surface area contributed by atoms with E-state index in [9.17, 15) is 14.4 Å². The van der Waals surface area contributed by atoms with E-state index < -0.39 is 6.10 Å². The summed E-state index contributed by atoms with van der Waals surface area (Å²) in [5.41, 5.74) is 0.868. The van der Waals surface area contributed by atoms with E-state index in [4.69, 9.17) is 9.47 Å². The van der Waals surface area contributed by atoms with Crippen LogP contribution in [-0.4, -0.2) is 48.5 Å². The Labute approximate surface area is 128 Å². The van der Waals surface area contributed by atoms with Gasteiger partial charge in [-0.2, -0.15) is 0 Å². The van der Waals surface area contributed by atoms with Crippen molar-refractivity contribution >= 4 is 17.8 Å². The summed E-state index contributed by atoms with van der Waals surface area (Å²) in [6.07, 6.45) is 1.52. The van der Waals surface area contributed by atoms with Crippen LogP contribution in [0.5, 0.6) is 0 Å². The molecule has 6 heteroatoms. The van der Waals surface area contributed by atoms with Gasteiger partial charge in [-0.25, -0.2) is 4.79 Å². The molecule has 2 heterocycles. The summed E-state index contributed by atoms with van der Waals surface area (Å²) in [7, 11) is 0. The smallest absolute Gasteiger partial charge is 0.335 e. The normalized spacial score (nSPS) is 20.4. The maximum Gasteiger partial charge on any atom is 0.335 e. The Morgan fingerprint density at radius 3 is 2.50 bits per heavy atom. The molecule has 1 atom stereocenters. The fourth-order valence-corrected chi connectivity index (χ4v) is 2.69. The van der Waals surface area contributed by atoms with Gasteiger partial charge in [0, 0.05) is 13.2 Å². The summed E-state index contributed by atoms with van der Waals surface area (Å²) in [6.45, 7) is 1.01. The summed E-state index contributed by atoms with van der Waals surface area (Å²) in [5.74, 6) is -0.933. The molecule has 0 radical (unpaired) electrons. The fourth-order valence-electron chi connectivity index (χ4n) is 2.69. The second-order valence-corrected chi connectivity index (χ2v) is 5.33. The number of rotatable bonds is 5. The molecule has 22 heavy (non-hydrogen) atoms. The zero-order valence-corrected chi connectivity index (χ0v) is 12.1. The molecule has 0 bridgehead atoms. The minimum Gasteiger partial charge on any atom is -0.464 e. The van der Waals surface area contributed by atoms with Gasteiger partial charge in [0.15, 0.2) is 6.10 Å². The van der Waals surface area contributed by atoms with Crippen LogP contribution in [0.25, 0.3) is 0 Å². The van der Waals surface area contributed by atoms with Crippen molar-refractivity contribution in [3.05, 3.63) is 35.4 Å². The molecule has 0 aliphatic carbocycles. The molecule has 116 valence electrons. The number of hydrogen-bond acceptors (Lipinski definition) is 5. The quantitative estimate of drug-likeness (QED) is 0.467. The topological polar surface area (TPSA) is 72.9 Å². The van der Waals surface area contributed by atoms with Gasteiger partial charge >= 0.3 is 5.97 Å². The number of carbonyl (C=O) groups excluding carboxylic acids is 3. The molecule has 1 aromatic carbocycles. The summed E-state index contributed by atoms with van der Waals surface area (Å²) < 4.78 is 10.3. The molecule has 0 N–H and O–H groups in total. The SMILES string of the molecule is O=C(OCCCN1C(=O)c2ccccc2C1=O)C1CCCO1. The number of amides is 2. The third kappa shape index (κ3) is 2.74. The monoisotopic (exact) mass is 303 g/mol. The number of carbonyl (C=O) groups is 3. The zero-order valence-electron chi connectivity index (χ0n) is 12.1. The van der Waals surface area contributed by atoms with Crippen molar-refractivity contribution in [2.45, 2.75) is 25.4 Å². The highest BCUT2D eigenvalue weighted by molar-refractivity contribution is 6.21. The van der Waals surface area contributed by atoms with E-state index in [2.05, 4.69) is 0 Å². The summed E-state index contributed by atoms with van der Waals surface area (Å²) >= 11 is 0. The van der Waals surface area contributed by atoms with Gasteiger partial charge in [-0.1, -0.05) is 12.1 Å². The number of fused-ring (bicyclic) bond motifs is 1. The third-order valence-electron chi connectivity index (χ3n) is 3.84. The lowest BCUT2D eigenvalue weighted by atomic mass is 10.1. The van der Waals surface area contributed by atoms with Gasteiger partial charge in [-0.05, 0) is 31.4 Å². The first-order valence-electron chi connectivity index (χ1n) is 7.42. The van der Waals surface area contributed by atoms with Crippen LogP contribution < -0.4 is 0 Å². The van der Waals surface area contributed by atoms with Gasteiger partial charge in [-0.15, -0.1) is 0 Å². The molecule has 1 aromatic rings. The first-order valence-corrected chi connectivity index (χ1v) is 7.42. The van der Waals surface area contributed by atoms with Gasteiger partial charge in [-0.3, -0.25) is 14.5 Å². The van der Waals surface area contributed by atoms with E-state index >= 15 is 0 Å². The standard InChI is InChI=1S/C16H17NO5/c18-14-11-5-1-2-6-12(11)15(19)17(14)8-4-10-22-16(20)13-7-3-9-21-13/h1-2,5-6,13H,3-4,7-10H2. The maximum absolute atomic E-state index is 12.1.